The second kappa shape index (κ2) is 7.25. The molecule has 4 heteroatoms. The first kappa shape index (κ1) is 15.5. The molecule has 1 fully saturated rings. The number of nitrogens with zero attached hydrogens (tertiary/aromatic N) is 2. The van der Waals surface area contributed by atoms with Crippen LogP contribution in [-0.2, 0) is 13.1 Å². The van der Waals surface area contributed by atoms with Crippen LogP contribution in [0.5, 0.6) is 0 Å². The van der Waals surface area contributed by atoms with Gasteiger partial charge in [0.05, 0.1) is 12.8 Å². The third kappa shape index (κ3) is 4.62. The van der Waals surface area contributed by atoms with Crippen molar-refractivity contribution in [2.45, 2.75) is 39.9 Å². The summed E-state index contributed by atoms with van der Waals surface area (Å²) in [5.74, 6) is 1.77. The van der Waals surface area contributed by atoms with Crippen LogP contribution < -0.4 is 5.32 Å². The molecule has 2 rings (SSSR count). The van der Waals surface area contributed by atoms with Crippen LogP contribution in [-0.4, -0.2) is 49.1 Å². The summed E-state index contributed by atoms with van der Waals surface area (Å²) in [6.07, 6.45) is 1.89. The van der Waals surface area contributed by atoms with Gasteiger partial charge in [0, 0.05) is 37.8 Å². The van der Waals surface area contributed by atoms with Crippen molar-refractivity contribution < 1.29 is 4.42 Å². The smallest absolute Gasteiger partial charge is 0.118 e. The molecule has 2 heterocycles. The number of likely N-dealkylation sites (N-methyl/N-ethyl adjacent to an activating group) is 1. The van der Waals surface area contributed by atoms with Crippen molar-refractivity contribution in [1.29, 1.82) is 0 Å². The molecule has 1 aliphatic heterocycles. The second-order valence-electron chi connectivity index (χ2n) is 6.51. The van der Waals surface area contributed by atoms with Gasteiger partial charge in [0.1, 0.15) is 5.76 Å². The van der Waals surface area contributed by atoms with E-state index >= 15 is 0 Å². The molecule has 1 aliphatic rings. The number of hydrogen-bond acceptors (Lipinski definition) is 4. The average Bonchev–Trinajstić information content (AvgIpc) is 2.81. The lowest BCUT2D eigenvalue weighted by Crippen LogP contribution is -2.49. The van der Waals surface area contributed by atoms with E-state index in [2.05, 4.69) is 49.0 Å². The Morgan fingerprint density at radius 2 is 2.20 bits per heavy atom. The summed E-state index contributed by atoms with van der Waals surface area (Å²) in [7, 11) is 2.20. The molecule has 0 aliphatic carbocycles. The fourth-order valence-corrected chi connectivity index (χ4v) is 2.59. The third-order valence-corrected chi connectivity index (χ3v) is 4.01. The predicted molar refractivity (Wildman–Crippen MR) is 82.6 cm³/mol. The van der Waals surface area contributed by atoms with Gasteiger partial charge in [0.15, 0.2) is 0 Å². The zero-order valence-corrected chi connectivity index (χ0v) is 13.4. The van der Waals surface area contributed by atoms with Gasteiger partial charge in [0.2, 0.25) is 0 Å². The SMILES string of the molecule is CC(C)CNCc1coc(CN2CCN(C)C(C)C2)c1. The average molecular weight is 279 g/mol. The lowest BCUT2D eigenvalue weighted by Gasteiger charge is -2.37. The monoisotopic (exact) mass is 279 g/mol. The molecule has 0 radical (unpaired) electrons. The first-order valence-electron chi connectivity index (χ1n) is 7.74. The van der Waals surface area contributed by atoms with Crippen molar-refractivity contribution in [3.63, 3.8) is 0 Å². The molecule has 0 spiro atoms. The molecule has 1 saturated heterocycles. The van der Waals surface area contributed by atoms with Crippen LogP contribution in [0.4, 0.5) is 0 Å². The Kier molecular flexibility index (Phi) is 5.64. The van der Waals surface area contributed by atoms with E-state index in [0.29, 0.717) is 12.0 Å². The minimum absolute atomic E-state index is 0.630. The van der Waals surface area contributed by atoms with Gasteiger partial charge in [-0.15, -0.1) is 0 Å². The molecular formula is C16H29N3O. The van der Waals surface area contributed by atoms with Crippen LogP contribution in [0.1, 0.15) is 32.1 Å². The molecule has 114 valence electrons. The lowest BCUT2D eigenvalue weighted by molar-refractivity contribution is 0.0947. The van der Waals surface area contributed by atoms with Crippen LogP contribution >= 0.6 is 0 Å². The molecule has 0 saturated carbocycles. The van der Waals surface area contributed by atoms with Gasteiger partial charge >= 0.3 is 0 Å². The first-order chi connectivity index (χ1) is 9.54. The van der Waals surface area contributed by atoms with E-state index in [1.165, 1.54) is 5.56 Å². The summed E-state index contributed by atoms with van der Waals surface area (Å²) in [6, 6.07) is 2.82. The van der Waals surface area contributed by atoms with Gasteiger partial charge in [0.25, 0.3) is 0 Å². The lowest BCUT2D eigenvalue weighted by atomic mass is 10.2. The third-order valence-electron chi connectivity index (χ3n) is 4.01. The Hall–Kier alpha value is -0.840. The van der Waals surface area contributed by atoms with Gasteiger partial charge in [-0.25, -0.2) is 0 Å². The Bertz CT molecular complexity index is 402. The van der Waals surface area contributed by atoms with Crippen molar-refractivity contribution in [1.82, 2.24) is 15.1 Å². The summed E-state index contributed by atoms with van der Waals surface area (Å²) >= 11 is 0. The highest BCUT2D eigenvalue weighted by atomic mass is 16.3. The largest absolute Gasteiger partial charge is 0.468 e. The van der Waals surface area contributed by atoms with E-state index in [1.54, 1.807) is 0 Å². The molecule has 1 aromatic heterocycles. The molecule has 1 N–H and O–H groups in total. The minimum atomic E-state index is 0.630. The Morgan fingerprint density at radius 1 is 1.40 bits per heavy atom. The maximum Gasteiger partial charge on any atom is 0.118 e. The number of piperazine rings is 1. The van der Waals surface area contributed by atoms with E-state index in [-0.39, 0.29) is 0 Å². The Morgan fingerprint density at radius 3 is 2.90 bits per heavy atom. The number of rotatable bonds is 6. The van der Waals surface area contributed by atoms with E-state index in [0.717, 1.165) is 45.0 Å². The minimum Gasteiger partial charge on any atom is -0.468 e. The van der Waals surface area contributed by atoms with Crippen LogP contribution in [0.3, 0.4) is 0 Å². The van der Waals surface area contributed by atoms with Crippen LogP contribution in [0.25, 0.3) is 0 Å². The maximum atomic E-state index is 5.69. The van der Waals surface area contributed by atoms with Crippen molar-refractivity contribution in [2.24, 2.45) is 5.92 Å². The zero-order valence-electron chi connectivity index (χ0n) is 13.4. The van der Waals surface area contributed by atoms with Crippen LogP contribution in [0, 0.1) is 5.92 Å². The predicted octanol–water partition coefficient (Wildman–Crippen LogP) is 2.16. The second-order valence-corrected chi connectivity index (χ2v) is 6.51. The number of nitrogens with one attached hydrogen (secondary N) is 1. The van der Waals surface area contributed by atoms with Crippen molar-refractivity contribution >= 4 is 0 Å². The molecule has 20 heavy (non-hydrogen) atoms. The molecule has 0 aromatic carbocycles. The summed E-state index contributed by atoms with van der Waals surface area (Å²) in [5, 5.41) is 3.45. The number of hydrogen-bond donors (Lipinski definition) is 1. The van der Waals surface area contributed by atoms with Gasteiger partial charge in [-0.3, -0.25) is 4.90 Å². The maximum absolute atomic E-state index is 5.69. The highest BCUT2D eigenvalue weighted by molar-refractivity contribution is 5.12. The quantitative estimate of drug-likeness (QED) is 0.865. The molecule has 0 amide bonds. The first-order valence-corrected chi connectivity index (χ1v) is 7.74. The van der Waals surface area contributed by atoms with E-state index in [4.69, 9.17) is 4.42 Å². The summed E-state index contributed by atoms with van der Waals surface area (Å²) in [6.45, 7) is 13.0. The Balaban J connectivity index is 1.78. The van der Waals surface area contributed by atoms with Crippen molar-refractivity contribution in [2.75, 3.05) is 33.2 Å². The van der Waals surface area contributed by atoms with Gasteiger partial charge in [-0.1, -0.05) is 13.8 Å². The standard InChI is InChI=1S/C16H29N3O/c1-13(2)8-17-9-15-7-16(20-12-15)11-19-6-5-18(4)14(3)10-19/h7,12-14,17H,5-6,8-11H2,1-4H3. The fraction of sp³-hybridized carbons (Fsp3) is 0.750. The van der Waals surface area contributed by atoms with Gasteiger partial charge in [-0.2, -0.15) is 0 Å². The normalized spacial score (nSPS) is 21.8. The topological polar surface area (TPSA) is 31.7 Å². The summed E-state index contributed by atoms with van der Waals surface area (Å²) in [5.41, 5.74) is 1.25. The highest BCUT2D eigenvalue weighted by Crippen LogP contribution is 2.14. The van der Waals surface area contributed by atoms with E-state index in [1.807, 2.05) is 6.26 Å². The van der Waals surface area contributed by atoms with Crippen LogP contribution in [0.15, 0.2) is 16.7 Å². The molecule has 1 atom stereocenters. The van der Waals surface area contributed by atoms with Crippen molar-refractivity contribution in [3.05, 3.63) is 23.7 Å². The number of furan rings is 1. The van der Waals surface area contributed by atoms with E-state index in [9.17, 15) is 0 Å². The van der Waals surface area contributed by atoms with Crippen LogP contribution in [0.2, 0.25) is 0 Å². The zero-order chi connectivity index (χ0) is 14.5. The van der Waals surface area contributed by atoms with Crippen molar-refractivity contribution in [3.8, 4) is 0 Å². The molecule has 0 bridgehead atoms. The van der Waals surface area contributed by atoms with Gasteiger partial charge in [-0.05, 0) is 32.5 Å². The molecule has 1 aromatic rings. The molecule has 1 unspecified atom stereocenters. The molecular weight excluding hydrogens is 250 g/mol. The fourth-order valence-electron chi connectivity index (χ4n) is 2.59. The summed E-state index contributed by atoms with van der Waals surface area (Å²) < 4.78 is 5.69. The summed E-state index contributed by atoms with van der Waals surface area (Å²) in [4.78, 5) is 4.90. The molecule has 4 nitrogen and oxygen atoms in total. The highest BCUT2D eigenvalue weighted by Gasteiger charge is 2.21. The van der Waals surface area contributed by atoms with Gasteiger partial charge < -0.3 is 14.6 Å². The Labute approximate surface area is 123 Å². The van der Waals surface area contributed by atoms with E-state index < -0.39 is 0 Å².